The average Bonchev–Trinajstić information content (AvgIpc) is 2.58. The third-order valence-electron chi connectivity index (χ3n) is 4.37. The Morgan fingerprint density at radius 1 is 1.53 bits per heavy atom. The predicted octanol–water partition coefficient (Wildman–Crippen LogP) is 3.66. The smallest absolute Gasteiger partial charge is 0.155 e. The molecule has 0 amide bonds. The summed E-state index contributed by atoms with van der Waals surface area (Å²) in [4.78, 5) is 11.3. The van der Waals surface area contributed by atoms with Crippen LogP contribution in [0.2, 0.25) is 0 Å². The van der Waals surface area contributed by atoms with Gasteiger partial charge in [-0.3, -0.25) is 4.79 Å². The van der Waals surface area contributed by atoms with Crippen LogP contribution in [0.15, 0.2) is 23.8 Å². The Labute approximate surface area is 92.3 Å². The number of hydrogen-bond donors (Lipinski definition) is 0. The summed E-state index contributed by atoms with van der Waals surface area (Å²) < 4.78 is 0. The zero-order chi connectivity index (χ0) is 11.1. The van der Waals surface area contributed by atoms with Crippen LogP contribution in [0.1, 0.15) is 46.0 Å². The number of rotatable bonds is 1. The van der Waals surface area contributed by atoms with E-state index in [0.717, 1.165) is 12.8 Å². The Kier molecular flexibility index (Phi) is 2.57. The van der Waals surface area contributed by atoms with Crippen LogP contribution in [0.5, 0.6) is 0 Å². The van der Waals surface area contributed by atoms with Gasteiger partial charge >= 0.3 is 0 Å². The van der Waals surface area contributed by atoms with E-state index in [1.54, 1.807) is 0 Å². The van der Waals surface area contributed by atoms with E-state index in [0.29, 0.717) is 17.1 Å². The minimum Gasteiger partial charge on any atom is -0.295 e. The van der Waals surface area contributed by atoms with Crippen molar-refractivity contribution in [3.05, 3.63) is 23.8 Å². The predicted molar refractivity (Wildman–Crippen MR) is 62.6 cm³/mol. The molecule has 82 valence electrons. The second kappa shape index (κ2) is 3.62. The second-order valence-corrected chi connectivity index (χ2v) is 5.36. The van der Waals surface area contributed by atoms with Crippen molar-refractivity contribution < 1.29 is 4.79 Å². The molecular weight excluding hydrogens is 184 g/mol. The van der Waals surface area contributed by atoms with Gasteiger partial charge in [0.15, 0.2) is 5.78 Å². The van der Waals surface area contributed by atoms with Crippen LogP contribution in [-0.2, 0) is 4.79 Å². The molecule has 2 atom stereocenters. The summed E-state index contributed by atoms with van der Waals surface area (Å²) in [6.45, 7) is 8.34. The van der Waals surface area contributed by atoms with Crippen molar-refractivity contribution in [2.24, 2.45) is 11.3 Å². The molecule has 1 saturated carbocycles. The summed E-state index contributed by atoms with van der Waals surface area (Å²) in [5.41, 5.74) is 2.98. The van der Waals surface area contributed by atoms with Gasteiger partial charge in [-0.1, -0.05) is 17.7 Å². The maximum Gasteiger partial charge on any atom is 0.155 e. The normalized spacial score (nSPS) is 35.7. The van der Waals surface area contributed by atoms with Crippen LogP contribution in [0, 0.1) is 11.3 Å². The summed E-state index contributed by atoms with van der Waals surface area (Å²) in [6.07, 6.45) is 7.43. The number of hydrogen-bond acceptors (Lipinski definition) is 1. The Morgan fingerprint density at radius 3 is 2.80 bits per heavy atom. The van der Waals surface area contributed by atoms with Crippen LogP contribution in [0.3, 0.4) is 0 Å². The van der Waals surface area contributed by atoms with E-state index in [1.165, 1.54) is 30.4 Å². The Hall–Kier alpha value is -0.850. The molecule has 0 bridgehead atoms. The molecule has 1 heteroatoms. The highest BCUT2D eigenvalue weighted by molar-refractivity contribution is 5.91. The zero-order valence-corrected chi connectivity index (χ0v) is 9.81. The Morgan fingerprint density at radius 2 is 2.27 bits per heavy atom. The largest absolute Gasteiger partial charge is 0.295 e. The number of allylic oxidation sites excluding steroid dienone is 3. The fraction of sp³-hybridized carbons (Fsp3) is 0.643. The monoisotopic (exact) mass is 204 g/mol. The highest BCUT2D eigenvalue weighted by atomic mass is 16.1. The van der Waals surface area contributed by atoms with Gasteiger partial charge in [-0.05, 0) is 56.9 Å². The molecule has 1 spiro atoms. The molecule has 0 aromatic rings. The molecular formula is C14H20O. The molecule has 0 heterocycles. The Balaban J connectivity index is 2.20. The lowest BCUT2D eigenvalue weighted by Gasteiger charge is -2.33. The van der Waals surface area contributed by atoms with E-state index < -0.39 is 0 Å². The van der Waals surface area contributed by atoms with E-state index in [4.69, 9.17) is 0 Å². The molecule has 15 heavy (non-hydrogen) atoms. The summed E-state index contributed by atoms with van der Waals surface area (Å²) >= 11 is 0. The molecule has 2 aliphatic rings. The summed E-state index contributed by atoms with van der Waals surface area (Å²) in [5.74, 6) is 0.999. The fourth-order valence-electron chi connectivity index (χ4n) is 3.16. The highest BCUT2D eigenvalue weighted by Crippen LogP contribution is 2.53. The van der Waals surface area contributed by atoms with Crippen LogP contribution in [0.4, 0.5) is 0 Å². The van der Waals surface area contributed by atoms with Gasteiger partial charge in [0.1, 0.15) is 0 Å². The number of carbonyl (C=O) groups is 1. The van der Waals surface area contributed by atoms with Gasteiger partial charge in [0, 0.05) is 6.42 Å². The van der Waals surface area contributed by atoms with Crippen molar-refractivity contribution in [3.63, 3.8) is 0 Å². The molecule has 0 unspecified atom stereocenters. The van der Waals surface area contributed by atoms with Crippen molar-refractivity contribution in [3.8, 4) is 0 Å². The minimum atomic E-state index is 0.317. The molecule has 2 rings (SSSR count). The van der Waals surface area contributed by atoms with E-state index in [2.05, 4.69) is 20.4 Å². The van der Waals surface area contributed by atoms with Gasteiger partial charge in [0.2, 0.25) is 0 Å². The highest BCUT2D eigenvalue weighted by Gasteiger charge is 2.42. The zero-order valence-electron chi connectivity index (χ0n) is 9.81. The third kappa shape index (κ3) is 1.80. The van der Waals surface area contributed by atoms with Gasteiger partial charge in [-0.2, -0.15) is 0 Å². The van der Waals surface area contributed by atoms with E-state index in [1.807, 2.05) is 6.08 Å². The van der Waals surface area contributed by atoms with E-state index in [-0.39, 0.29) is 0 Å². The summed E-state index contributed by atoms with van der Waals surface area (Å²) in [5, 5.41) is 0. The molecule has 0 saturated heterocycles. The molecule has 0 aliphatic heterocycles. The lowest BCUT2D eigenvalue weighted by molar-refractivity contribution is -0.115. The number of carbonyl (C=O) groups excluding carboxylic acids is 1. The molecule has 0 aromatic heterocycles. The fourth-order valence-corrected chi connectivity index (χ4v) is 3.16. The van der Waals surface area contributed by atoms with Gasteiger partial charge in [0.05, 0.1) is 0 Å². The molecule has 0 N–H and O–H groups in total. The quantitative estimate of drug-likeness (QED) is 0.596. The summed E-state index contributed by atoms with van der Waals surface area (Å²) in [6, 6.07) is 0. The first kappa shape index (κ1) is 10.7. The van der Waals surface area contributed by atoms with Crippen molar-refractivity contribution in [1.29, 1.82) is 0 Å². The van der Waals surface area contributed by atoms with E-state index in [9.17, 15) is 4.79 Å². The minimum absolute atomic E-state index is 0.317. The van der Waals surface area contributed by atoms with Crippen LogP contribution in [0.25, 0.3) is 0 Å². The van der Waals surface area contributed by atoms with Crippen LogP contribution >= 0.6 is 0 Å². The first-order valence-corrected chi connectivity index (χ1v) is 5.90. The first-order chi connectivity index (χ1) is 7.03. The molecule has 2 aliphatic carbocycles. The van der Waals surface area contributed by atoms with Crippen molar-refractivity contribution in [2.75, 3.05) is 0 Å². The summed E-state index contributed by atoms with van der Waals surface area (Å²) in [7, 11) is 0. The maximum atomic E-state index is 11.3. The van der Waals surface area contributed by atoms with Crippen molar-refractivity contribution >= 4 is 5.78 Å². The molecule has 0 radical (unpaired) electrons. The van der Waals surface area contributed by atoms with Gasteiger partial charge in [-0.25, -0.2) is 0 Å². The molecule has 1 nitrogen and oxygen atoms in total. The van der Waals surface area contributed by atoms with Crippen molar-refractivity contribution in [2.45, 2.75) is 46.0 Å². The average molecular weight is 204 g/mol. The molecule has 0 aromatic carbocycles. The van der Waals surface area contributed by atoms with Crippen molar-refractivity contribution in [1.82, 2.24) is 0 Å². The number of ketones is 1. The van der Waals surface area contributed by atoms with Gasteiger partial charge in [0.25, 0.3) is 0 Å². The van der Waals surface area contributed by atoms with Gasteiger partial charge < -0.3 is 0 Å². The standard InChI is InChI=1S/C14H20O/c1-10(2)12-4-6-14(9-12)7-5-13(15)8-11(14)3/h8,12H,1,4-7,9H2,2-3H3/t12-,14-/m1/s1. The van der Waals surface area contributed by atoms with Crippen LogP contribution in [-0.4, -0.2) is 5.78 Å². The third-order valence-corrected chi connectivity index (χ3v) is 4.37. The topological polar surface area (TPSA) is 17.1 Å². The second-order valence-electron chi connectivity index (χ2n) is 5.36. The van der Waals surface area contributed by atoms with Crippen LogP contribution < -0.4 is 0 Å². The lowest BCUT2D eigenvalue weighted by Crippen LogP contribution is -2.24. The SMILES string of the molecule is C=C(C)[C@@H]1CC[C@@]2(CCC(=O)C=C2C)C1. The molecule has 1 fully saturated rings. The van der Waals surface area contributed by atoms with E-state index >= 15 is 0 Å². The Bertz CT molecular complexity index is 337. The maximum absolute atomic E-state index is 11.3. The first-order valence-electron chi connectivity index (χ1n) is 5.90. The van der Waals surface area contributed by atoms with Gasteiger partial charge in [-0.15, -0.1) is 0 Å². The lowest BCUT2D eigenvalue weighted by atomic mass is 9.71.